The molecule has 1 aliphatic heterocycles. The van der Waals surface area contributed by atoms with Crippen LogP contribution < -0.4 is 14.8 Å². The fourth-order valence-corrected chi connectivity index (χ4v) is 4.23. The number of para-hydroxylation sites is 1. The van der Waals surface area contributed by atoms with Crippen LogP contribution in [0, 0.1) is 5.92 Å². The fraction of sp³-hybridized carbons (Fsp3) is 0.385. The number of hydrogen-bond donors (Lipinski definition) is 1. The number of piperidine rings is 1. The van der Waals surface area contributed by atoms with Crippen molar-refractivity contribution in [2.45, 2.75) is 26.3 Å². The Kier molecular flexibility index (Phi) is 8.17. The van der Waals surface area contributed by atoms with E-state index in [-0.39, 0.29) is 18.4 Å². The molecule has 1 aromatic heterocycles. The molecule has 0 spiro atoms. The Morgan fingerprint density at radius 1 is 1.14 bits per heavy atom. The van der Waals surface area contributed by atoms with Crippen LogP contribution in [-0.2, 0) is 16.1 Å². The third-order valence-electron chi connectivity index (χ3n) is 6.03. The van der Waals surface area contributed by atoms with Crippen LogP contribution in [0.1, 0.15) is 36.0 Å². The highest BCUT2D eigenvalue weighted by Gasteiger charge is 2.28. The molecule has 0 radical (unpaired) electrons. The van der Waals surface area contributed by atoms with Gasteiger partial charge in [0.2, 0.25) is 17.6 Å². The van der Waals surface area contributed by atoms with Gasteiger partial charge >= 0.3 is 5.97 Å². The lowest BCUT2D eigenvalue weighted by atomic mass is 9.97. The second-order valence-electron chi connectivity index (χ2n) is 8.41. The Balaban J connectivity index is 1.39. The molecule has 10 nitrogen and oxygen atoms in total. The summed E-state index contributed by atoms with van der Waals surface area (Å²) in [7, 11) is 3.15. The molecule has 2 heterocycles. The van der Waals surface area contributed by atoms with Crippen LogP contribution in [0.4, 0.5) is 5.69 Å². The maximum atomic E-state index is 13.0. The van der Waals surface area contributed by atoms with E-state index < -0.39 is 5.97 Å². The first-order valence-corrected chi connectivity index (χ1v) is 11.9. The van der Waals surface area contributed by atoms with Gasteiger partial charge in [0.05, 0.1) is 44.5 Å². The van der Waals surface area contributed by atoms with Crippen molar-refractivity contribution < 1.29 is 28.3 Å². The summed E-state index contributed by atoms with van der Waals surface area (Å²) < 4.78 is 21.2. The van der Waals surface area contributed by atoms with Crippen LogP contribution >= 0.6 is 0 Å². The Morgan fingerprint density at radius 3 is 2.72 bits per heavy atom. The Morgan fingerprint density at radius 2 is 1.94 bits per heavy atom. The van der Waals surface area contributed by atoms with E-state index in [2.05, 4.69) is 20.4 Å². The van der Waals surface area contributed by atoms with Crippen molar-refractivity contribution in [1.82, 2.24) is 15.0 Å². The van der Waals surface area contributed by atoms with Gasteiger partial charge in [0, 0.05) is 12.1 Å². The molecule has 36 heavy (non-hydrogen) atoms. The summed E-state index contributed by atoms with van der Waals surface area (Å²) in [6.07, 6.45) is 1.61. The number of nitrogens with zero attached hydrogens (tertiary/aromatic N) is 3. The zero-order chi connectivity index (χ0) is 25.5. The highest BCUT2D eigenvalue weighted by molar-refractivity contribution is 6.01. The quantitative estimate of drug-likeness (QED) is 0.444. The van der Waals surface area contributed by atoms with Crippen LogP contribution in [0.2, 0.25) is 0 Å². The number of benzene rings is 2. The normalized spacial score (nSPS) is 15.8. The third-order valence-corrected chi connectivity index (χ3v) is 6.03. The molecule has 4 rings (SSSR count). The van der Waals surface area contributed by atoms with Gasteiger partial charge in [0.25, 0.3) is 0 Å². The molecule has 10 heteroatoms. The molecule has 1 atom stereocenters. The maximum Gasteiger partial charge on any atom is 0.340 e. The van der Waals surface area contributed by atoms with Crippen LogP contribution in [0.3, 0.4) is 0 Å². The van der Waals surface area contributed by atoms with E-state index in [0.717, 1.165) is 24.9 Å². The van der Waals surface area contributed by atoms with E-state index in [1.165, 1.54) is 0 Å². The van der Waals surface area contributed by atoms with Gasteiger partial charge in [-0.2, -0.15) is 4.98 Å². The first kappa shape index (κ1) is 25.2. The van der Waals surface area contributed by atoms with Crippen molar-refractivity contribution in [1.29, 1.82) is 0 Å². The summed E-state index contributed by atoms with van der Waals surface area (Å²) in [6, 6.07) is 12.3. The molecular formula is C26H30N4O6. The lowest BCUT2D eigenvalue weighted by Crippen LogP contribution is -2.40. The second-order valence-corrected chi connectivity index (χ2v) is 8.41. The largest absolute Gasteiger partial charge is 0.493 e. The van der Waals surface area contributed by atoms with Gasteiger partial charge in [-0.05, 0) is 56.6 Å². The van der Waals surface area contributed by atoms with E-state index in [0.29, 0.717) is 47.6 Å². The van der Waals surface area contributed by atoms with Gasteiger partial charge in [-0.1, -0.05) is 17.3 Å². The minimum Gasteiger partial charge on any atom is -0.493 e. The number of amides is 1. The number of carbonyl (C=O) groups is 2. The van der Waals surface area contributed by atoms with Crippen molar-refractivity contribution in [2.24, 2.45) is 5.92 Å². The summed E-state index contributed by atoms with van der Waals surface area (Å²) in [5.41, 5.74) is 1.54. The van der Waals surface area contributed by atoms with E-state index in [1.807, 2.05) is 6.07 Å². The van der Waals surface area contributed by atoms with E-state index in [4.69, 9.17) is 18.7 Å². The summed E-state index contributed by atoms with van der Waals surface area (Å²) >= 11 is 0. The SMILES string of the molecule is CCOC(=O)c1ccccc1NC(=O)C1CCCN(Cc2nc(-c3ccc(OC)c(OC)c3)no2)C1. The fourth-order valence-electron chi connectivity index (χ4n) is 4.23. The molecule has 1 fully saturated rings. The topological polar surface area (TPSA) is 116 Å². The molecule has 0 bridgehead atoms. The lowest BCUT2D eigenvalue weighted by Gasteiger charge is -2.31. The number of anilines is 1. The number of aromatic nitrogens is 2. The minimum atomic E-state index is -0.458. The second kappa shape index (κ2) is 11.7. The van der Waals surface area contributed by atoms with Crippen molar-refractivity contribution in [3.8, 4) is 22.9 Å². The zero-order valence-corrected chi connectivity index (χ0v) is 20.7. The molecule has 2 aromatic carbocycles. The zero-order valence-electron chi connectivity index (χ0n) is 20.7. The predicted octanol–water partition coefficient (Wildman–Crippen LogP) is 3.78. The Hall–Kier alpha value is -3.92. The minimum absolute atomic E-state index is 0.131. The van der Waals surface area contributed by atoms with Crippen LogP contribution in [0.15, 0.2) is 47.0 Å². The molecular weight excluding hydrogens is 464 g/mol. The van der Waals surface area contributed by atoms with Gasteiger partial charge in [0.15, 0.2) is 11.5 Å². The number of carbonyl (C=O) groups excluding carboxylic acids is 2. The molecule has 1 N–H and O–H groups in total. The molecule has 1 aliphatic rings. The van der Waals surface area contributed by atoms with E-state index in [1.54, 1.807) is 57.5 Å². The van der Waals surface area contributed by atoms with E-state index >= 15 is 0 Å². The molecule has 1 saturated heterocycles. The molecule has 0 aliphatic carbocycles. The molecule has 3 aromatic rings. The first-order chi connectivity index (χ1) is 17.5. The van der Waals surface area contributed by atoms with Crippen LogP contribution in [0.25, 0.3) is 11.4 Å². The van der Waals surface area contributed by atoms with E-state index in [9.17, 15) is 9.59 Å². The smallest absolute Gasteiger partial charge is 0.340 e. The summed E-state index contributed by atoms with van der Waals surface area (Å²) in [4.78, 5) is 31.9. The van der Waals surface area contributed by atoms with Crippen LogP contribution in [0.5, 0.6) is 11.5 Å². The number of nitrogens with one attached hydrogen (secondary N) is 1. The third kappa shape index (κ3) is 5.83. The first-order valence-electron chi connectivity index (χ1n) is 11.9. The van der Waals surface area contributed by atoms with Gasteiger partial charge in [-0.25, -0.2) is 4.79 Å². The maximum absolute atomic E-state index is 13.0. The average molecular weight is 495 g/mol. The summed E-state index contributed by atoms with van der Waals surface area (Å²) in [5, 5.41) is 7.01. The van der Waals surface area contributed by atoms with Gasteiger partial charge in [-0.15, -0.1) is 0 Å². The van der Waals surface area contributed by atoms with Crippen molar-refractivity contribution in [2.75, 3.05) is 39.2 Å². The van der Waals surface area contributed by atoms with Crippen molar-refractivity contribution in [3.63, 3.8) is 0 Å². The molecule has 190 valence electrons. The molecule has 1 unspecified atom stereocenters. The summed E-state index contributed by atoms with van der Waals surface area (Å²) in [6.45, 7) is 3.81. The van der Waals surface area contributed by atoms with Crippen molar-refractivity contribution >= 4 is 17.6 Å². The van der Waals surface area contributed by atoms with Crippen LogP contribution in [-0.4, -0.2) is 60.8 Å². The number of esters is 1. The van der Waals surface area contributed by atoms with Gasteiger partial charge < -0.3 is 24.1 Å². The average Bonchev–Trinajstić information content (AvgIpc) is 3.37. The number of ether oxygens (including phenoxy) is 3. The Labute approximate surface area is 209 Å². The van der Waals surface area contributed by atoms with Gasteiger partial charge in [0.1, 0.15) is 0 Å². The standard InChI is InChI=1S/C26H30N4O6/c1-4-35-26(32)19-9-5-6-10-20(19)27-25(31)18-8-7-13-30(15-18)16-23-28-24(29-36-23)17-11-12-21(33-2)22(14-17)34-3/h5-6,9-12,14,18H,4,7-8,13,15-16H2,1-3H3,(H,27,31). The van der Waals surface area contributed by atoms with Gasteiger partial charge in [-0.3, -0.25) is 9.69 Å². The number of likely N-dealkylation sites (tertiary alicyclic amines) is 1. The highest BCUT2D eigenvalue weighted by atomic mass is 16.5. The number of methoxy groups -OCH3 is 2. The monoisotopic (exact) mass is 494 g/mol. The lowest BCUT2D eigenvalue weighted by molar-refractivity contribution is -0.121. The molecule has 0 saturated carbocycles. The van der Waals surface area contributed by atoms with Crippen molar-refractivity contribution in [3.05, 3.63) is 53.9 Å². The molecule has 1 amide bonds. The highest BCUT2D eigenvalue weighted by Crippen LogP contribution is 2.31. The summed E-state index contributed by atoms with van der Waals surface area (Å²) in [5.74, 6) is 1.29. The number of hydrogen-bond acceptors (Lipinski definition) is 9. The predicted molar refractivity (Wildman–Crippen MR) is 132 cm³/mol. The number of rotatable bonds is 9. The Bertz CT molecular complexity index is 1210.